The lowest BCUT2D eigenvalue weighted by atomic mass is 9.91. The Balaban J connectivity index is 3.25. The van der Waals surface area contributed by atoms with Gasteiger partial charge >= 0.3 is 5.97 Å². The van der Waals surface area contributed by atoms with Crippen molar-refractivity contribution in [3.8, 4) is 6.07 Å². The average molecular weight is 217 g/mol. The molecular formula is C12H11NO3. The fraction of sp³-hybridized carbons (Fsp3) is 0.250. The summed E-state index contributed by atoms with van der Waals surface area (Å²) in [5, 5.41) is 17.5. The molecule has 4 heteroatoms. The standard InChI is InChI=1S/C12H11NO3/c1-7-3-4-8(2)9(5-7)10(6-13)11(14)12(15)16/h3-5,10H,1-2H3,(H,15,16)/t10-/m1/s1. The van der Waals surface area contributed by atoms with Crippen LogP contribution in [-0.2, 0) is 9.59 Å². The van der Waals surface area contributed by atoms with Gasteiger partial charge in [0.2, 0.25) is 0 Å². The van der Waals surface area contributed by atoms with Gasteiger partial charge in [-0.1, -0.05) is 23.8 Å². The predicted octanol–water partition coefficient (Wildman–Crippen LogP) is 1.56. The maximum atomic E-state index is 11.3. The van der Waals surface area contributed by atoms with Gasteiger partial charge in [0.05, 0.1) is 6.07 Å². The van der Waals surface area contributed by atoms with Crippen molar-refractivity contribution in [3.63, 3.8) is 0 Å². The van der Waals surface area contributed by atoms with Crippen molar-refractivity contribution in [2.24, 2.45) is 0 Å². The molecule has 0 radical (unpaired) electrons. The first-order chi connectivity index (χ1) is 7.47. The van der Waals surface area contributed by atoms with E-state index in [-0.39, 0.29) is 0 Å². The molecule has 16 heavy (non-hydrogen) atoms. The van der Waals surface area contributed by atoms with Gasteiger partial charge in [-0.3, -0.25) is 4.79 Å². The largest absolute Gasteiger partial charge is 0.475 e. The van der Waals surface area contributed by atoms with Crippen LogP contribution >= 0.6 is 0 Å². The first-order valence-corrected chi connectivity index (χ1v) is 4.71. The molecule has 1 N–H and O–H groups in total. The molecular weight excluding hydrogens is 206 g/mol. The Labute approximate surface area is 93.1 Å². The molecule has 0 unspecified atom stereocenters. The number of aliphatic carboxylic acids is 1. The molecule has 0 saturated heterocycles. The highest BCUT2D eigenvalue weighted by Crippen LogP contribution is 2.21. The van der Waals surface area contributed by atoms with Crippen LogP contribution in [0.5, 0.6) is 0 Å². The first kappa shape index (κ1) is 11.9. The van der Waals surface area contributed by atoms with Crippen LogP contribution in [0.2, 0.25) is 0 Å². The molecule has 1 aromatic rings. The molecule has 1 aromatic carbocycles. The van der Waals surface area contributed by atoms with Crippen molar-refractivity contribution in [2.75, 3.05) is 0 Å². The summed E-state index contributed by atoms with van der Waals surface area (Å²) in [6.45, 7) is 3.57. The van der Waals surface area contributed by atoms with Crippen LogP contribution in [0.3, 0.4) is 0 Å². The molecule has 0 fully saturated rings. The number of carboxylic acid groups (broad SMARTS) is 1. The Morgan fingerprint density at radius 2 is 2.00 bits per heavy atom. The molecule has 0 amide bonds. The number of Topliss-reactive ketones (excluding diaryl/α,β-unsaturated/α-hetero) is 1. The number of nitriles is 1. The number of aryl methyl sites for hydroxylation is 2. The number of hydrogen-bond acceptors (Lipinski definition) is 3. The van der Waals surface area contributed by atoms with E-state index in [1.165, 1.54) is 0 Å². The van der Waals surface area contributed by atoms with Crippen LogP contribution in [0.1, 0.15) is 22.6 Å². The highest BCUT2D eigenvalue weighted by Gasteiger charge is 2.27. The van der Waals surface area contributed by atoms with Crippen molar-refractivity contribution < 1.29 is 14.7 Å². The number of carbonyl (C=O) groups excluding carboxylic acids is 1. The van der Waals surface area contributed by atoms with E-state index < -0.39 is 17.7 Å². The maximum absolute atomic E-state index is 11.3. The second-order valence-corrected chi connectivity index (χ2v) is 3.59. The van der Waals surface area contributed by atoms with Gasteiger partial charge in [-0.2, -0.15) is 5.26 Å². The van der Waals surface area contributed by atoms with Crippen LogP contribution < -0.4 is 0 Å². The monoisotopic (exact) mass is 217 g/mol. The Kier molecular flexibility index (Phi) is 3.41. The van der Waals surface area contributed by atoms with Gasteiger partial charge in [-0.25, -0.2) is 4.79 Å². The summed E-state index contributed by atoms with van der Waals surface area (Å²) in [5.74, 6) is -3.89. The summed E-state index contributed by atoms with van der Waals surface area (Å²) in [7, 11) is 0. The molecule has 0 aromatic heterocycles. The van der Waals surface area contributed by atoms with E-state index in [2.05, 4.69) is 0 Å². The lowest BCUT2D eigenvalue weighted by Crippen LogP contribution is -2.21. The molecule has 0 heterocycles. The number of hydrogen-bond donors (Lipinski definition) is 1. The summed E-state index contributed by atoms with van der Waals surface area (Å²) >= 11 is 0. The number of carboxylic acids is 1. The van der Waals surface area contributed by atoms with E-state index in [9.17, 15) is 9.59 Å². The lowest BCUT2D eigenvalue weighted by molar-refractivity contribution is -0.149. The summed E-state index contributed by atoms with van der Waals surface area (Å²) in [5.41, 5.74) is 2.10. The molecule has 82 valence electrons. The summed E-state index contributed by atoms with van der Waals surface area (Å²) < 4.78 is 0. The maximum Gasteiger partial charge on any atom is 0.373 e. The van der Waals surface area contributed by atoms with Crippen LogP contribution in [-0.4, -0.2) is 16.9 Å². The second-order valence-electron chi connectivity index (χ2n) is 3.59. The third-order valence-electron chi connectivity index (χ3n) is 2.35. The fourth-order valence-corrected chi connectivity index (χ4v) is 1.46. The fourth-order valence-electron chi connectivity index (χ4n) is 1.46. The van der Waals surface area contributed by atoms with Gasteiger partial charge in [-0.15, -0.1) is 0 Å². The number of benzene rings is 1. The second kappa shape index (κ2) is 4.58. The number of carbonyl (C=O) groups is 2. The molecule has 1 rings (SSSR count). The van der Waals surface area contributed by atoms with Crippen molar-refractivity contribution >= 4 is 11.8 Å². The molecule has 0 aliphatic heterocycles. The predicted molar refractivity (Wildman–Crippen MR) is 56.9 cm³/mol. The number of nitrogens with zero attached hydrogens (tertiary/aromatic N) is 1. The lowest BCUT2D eigenvalue weighted by Gasteiger charge is -2.10. The van der Waals surface area contributed by atoms with E-state index >= 15 is 0 Å². The molecule has 0 aliphatic rings. The molecule has 1 atom stereocenters. The number of ketones is 1. The van der Waals surface area contributed by atoms with Crippen LogP contribution in [0.25, 0.3) is 0 Å². The third-order valence-corrected chi connectivity index (χ3v) is 2.35. The van der Waals surface area contributed by atoms with E-state index in [1.807, 2.05) is 13.0 Å². The molecule has 0 aliphatic carbocycles. The average Bonchev–Trinajstić information content (AvgIpc) is 2.23. The Hall–Kier alpha value is -2.15. The van der Waals surface area contributed by atoms with Gasteiger partial charge in [0.15, 0.2) is 0 Å². The normalized spacial score (nSPS) is 11.6. The van der Waals surface area contributed by atoms with Crippen molar-refractivity contribution in [2.45, 2.75) is 19.8 Å². The highest BCUT2D eigenvalue weighted by atomic mass is 16.4. The van der Waals surface area contributed by atoms with Gasteiger partial charge in [0.1, 0.15) is 5.92 Å². The van der Waals surface area contributed by atoms with Crippen molar-refractivity contribution in [1.82, 2.24) is 0 Å². The van der Waals surface area contributed by atoms with Crippen LogP contribution in [0.15, 0.2) is 18.2 Å². The summed E-state index contributed by atoms with van der Waals surface area (Å²) in [4.78, 5) is 21.9. The van der Waals surface area contributed by atoms with Crippen LogP contribution in [0.4, 0.5) is 0 Å². The van der Waals surface area contributed by atoms with Gasteiger partial charge < -0.3 is 5.11 Å². The molecule has 0 saturated carbocycles. The Morgan fingerprint density at radius 3 is 2.50 bits per heavy atom. The smallest absolute Gasteiger partial charge is 0.373 e. The van der Waals surface area contributed by atoms with Gasteiger partial charge in [-0.05, 0) is 25.0 Å². The van der Waals surface area contributed by atoms with Crippen LogP contribution in [0, 0.1) is 25.2 Å². The Bertz CT molecular complexity index is 486. The zero-order valence-electron chi connectivity index (χ0n) is 9.02. The zero-order chi connectivity index (χ0) is 12.3. The topological polar surface area (TPSA) is 78.2 Å². The number of rotatable bonds is 3. The quantitative estimate of drug-likeness (QED) is 0.779. The third kappa shape index (κ3) is 2.26. The van der Waals surface area contributed by atoms with E-state index in [4.69, 9.17) is 10.4 Å². The molecule has 4 nitrogen and oxygen atoms in total. The molecule has 0 bridgehead atoms. The van der Waals surface area contributed by atoms with E-state index in [0.29, 0.717) is 5.56 Å². The SMILES string of the molecule is Cc1ccc(C)c([C@@H](C#N)C(=O)C(=O)O)c1. The highest BCUT2D eigenvalue weighted by molar-refractivity contribution is 6.35. The minimum atomic E-state index is -1.58. The minimum absolute atomic E-state index is 0.468. The van der Waals surface area contributed by atoms with Gasteiger partial charge in [0, 0.05) is 0 Å². The minimum Gasteiger partial charge on any atom is -0.475 e. The first-order valence-electron chi connectivity index (χ1n) is 4.71. The van der Waals surface area contributed by atoms with E-state index in [0.717, 1.165) is 11.1 Å². The zero-order valence-corrected chi connectivity index (χ0v) is 9.02. The Morgan fingerprint density at radius 1 is 1.38 bits per heavy atom. The molecule has 0 spiro atoms. The van der Waals surface area contributed by atoms with Crippen molar-refractivity contribution in [3.05, 3.63) is 34.9 Å². The van der Waals surface area contributed by atoms with Crippen molar-refractivity contribution in [1.29, 1.82) is 5.26 Å². The van der Waals surface area contributed by atoms with E-state index in [1.54, 1.807) is 25.1 Å². The summed E-state index contributed by atoms with van der Waals surface area (Å²) in [6.07, 6.45) is 0. The summed E-state index contributed by atoms with van der Waals surface area (Å²) in [6, 6.07) is 7.02. The van der Waals surface area contributed by atoms with Gasteiger partial charge in [0.25, 0.3) is 5.78 Å².